The van der Waals surface area contributed by atoms with E-state index in [4.69, 9.17) is 5.84 Å². The first-order valence-corrected chi connectivity index (χ1v) is 7.49. The third-order valence-corrected chi connectivity index (χ3v) is 3.90. The second-order valence-electron chi connectivity index (χ2n) is 3.77. The van der Waals surface area contributed by atoms with Crippen LogP contribution in [0.25, 0.3) is 0 Å². The molecule has 0 fully saturated rings. The van der Waals surface area contributed by atoms with E-state index in [-0.39, 0.29) is 5.56 Å². The van der Waals surface area contributed by atoms with E-state index in [0.29, 0.717) is 10.9 Å². The zero-order valence-corrected chi connectivity index (χ0v) is 12.0. The quantitative estimate of drug-likeness (QED) is 0.317. The van der Waals surface area contributed by atoms with Crippen molar-refractivity contribution in [2.75, 3.05) is 5.43 Å². The van der Waals surface area contributed by atoms with E-state index >= 15 is 0 Å². The number of anilines is 1. The Hall–Kier alpha value is -1.45. The first-order valence-electron chi connectivity index (χ1n) is 5.73. The highest BCUT2D eigenvalue weighted by atomic mass is 32.2. The number of nitrogens with zero attached hydrogens (tertiary/aromatic N) is 3. The summed E-state index contributed by atoms with van der Waals surface area (Å²) >= 11 is 2.60. The average molecular weight is 298 g/mol. The maximum Gasteiger partial charge on any atom is 0.251 e. The Morgan fingerprint density at radius 3 is 3.16 bits per heavy atom. The van der Waals surface area contributed by atoms with Crippen molar-refractivity contribution in [2.24, 2.45) is 5.84 Å². The molecule has 0 spiro atoms. The van der Waals surface area contributed by atoms with Crippen LogP contribution < -0.4 is 16.8 Å². The maximum atomic E-state index is 11.5. The number of hydrogen-bond acceptors (Lipinski definition) is 8. The smallest absolute Gasteiger partial charge is 0.251 e. The Balaban J connectivity index is 2.09. The van der Waals surface area contributed by atoms with Crippen molar-refractivity contribution in [3.63, 3.8) is 0 Å². The van der Waals surface area contributed by atoms with Gasteiger partial charge in [0, 0.05) is 29.0 Å². The topological polar surface area (TPSA) is 110 Å². The lowest BCUT2D eigenvalue weighted by molar-refractivity contribution is 0.815. The zero-order valence-electron chi connectivity index (χ0n) is 10.3. The van der Waals surface area contributed by atoms with Gasteiger partial charge >= 0.3 is 0 Å². The number of nitrogen functional groups attached to an aromatic ring is 1. The van der Waals surface area contributed by atoms with Gasteiger partial charge in [0.1, 0.15) is 10.7 Å². The van der Waals surface area contributed by atoms with E-state index in [1.54, 1.807) is 0 Å². The minimum Gasteiger partial charge on any atom is -0.313 e. The molecule has 0 aliphatic rings. The predicted molar refractivity (Wildman–Crippen MR) is 76.1 cm³/mol. The molecule has 0 atom stereocenters. The van der Waals surface area contributed by atoms with E-state index in [1.165, 1.54) is 29.4 Å². The Morgan fingerprint density at radius 1 is 1.58 bits per heavy atom. The van der Waals surface area contributed by atoms with Crippen LogP contribution in [0, 0.1) is 0 Å². The zero-order chi connectivity index (χ0) is 13.7. The van der Waals surface area contributed by atoms with E-state index in [9.17, 15) is 4.79 Å². The summed E-state index contributed by atoms with van der Waals surface area (Å²) in [4.78, 5) is 18.6. The molecule has 0 aromatic carbocycles. The number of rotatable bonds is 6. The lowest BCUT2D eigenvalue weighted by atomic mass is 10.2. The summed E-state index contributed by atoms with van der Waals surface area (Å²) in [6.07, 6.45) is 1.75. The molecule has 2 rings (SSSR count). The number of thioether (sulfide) groups is 1. The first kappa shape index (κ1) is 14.0. The number of nitrogens with two attached hydrogens (primary N) is 1. The molecule has 0 saturated heterocycles. The van der Waals surface area contributed by atoms with Crippen molar-refractivity contribution in [2.45, 2.75) is 30.7 Å². The second kappa shape index (κ2) is 6.64. The number of nitrogens with one attached hydrogen (secondary N) is 2. The number of aromatic nitrogens is 4. The molecule has 102 valence electrons. The molecule has 2 aromatic heterocycles. The largest absolute Gasteiger partial charge is 0.313 e. The first-order chi connectivity index (χ1) is 9.22. The Labute approximate surface area is 118 Å². The van der Waals surface area contributed by atoms with E-state index in [2.05, 4.69) is 31.9 Å². The second-order valence-corrected chi connectivity index (χ2v) is 5.49. The van der Waals surface area contributed by atoms with E-state index in [1.807, 2.05) is 0 Å². The van der Waals surface area contributed by atoms with Gasteiger partial charge in [-0.1, -0.05) is 29.6 Å². The summed E-state index contributed by atoms with van der Waals surface area (Å²) in [6, 6.07) is 1.53. The summed E-state index contributed by atoms with van der Waals surface area (Å²) in [5.41, 5.74) is 3.97. The van der Waals surface area contributed by atoms with Crippen LogP contribution in [0.2, 0.25) is 0 Å². The molecule has 19 heavy (non-hydrogen) atoms. The Kier molecular flexibility index (Phi) is 4.88. The molecule has 9 heteroatoms. The minimum absolute atomic E-state index is 0.130. The molecule has 2 heterocycles. The van der Waals surface area contributed by atoms with Gasteiger partial charge in [-0.2, -0.15) is 0 Å². The van der Waals surface area contributed by atoms with Crippen LogP contribution in [0.5, 0.6) is 0 Å². The minimum atomic E-state index is -0.130. The van der Waals surface area contributed by atoms with Crippen LogP contribution >= 0.6 is 23.3 Å². The molecule has 0 aliphatic carbocycles. The van der Waals surface area contributed by atoms with Crippen molar-refractivity contribution < 1.29 is 0 Å². The van der Waals surface area contributed by atoms with Crippen molar-refractivity contribution >= 4 is 28.3 Å². The van der Waals surface area contributed by atoms with Crippen LogP contribution in [0.1, 0.15) is 24.7 Å². The fourth-order valence-corrected chi connectivity index (χ4v) is 2.90. The number of aromatic amines is 1. The molecule has 7 nitrogen and oxygen atoms in total. The monoisotopic (exact) mass is 298 g/mol. The van der Waals surface area contributed by atoms with Gasteiger partial charge in [0.15, 0.2) is 5.16 Å². The van der Waals surface area contributed by atoms with Crippen LogP contribution in [-0.4, -0.2) is 19.6 Å². The molecule has 0 saturated carbocycles. The van der Waals surface area contributed by atoms with Gasteiger partial charge in [-0.25, -0.2) is 10.8 Å². The highest BCUT2D eigenvalue weighted by Gasteiger charge is 2.09. The summed E-state index contributed by atoms with van der Waals surface area (Å²) < 4.78 is 3.81. The van der Waals surface area contributed by atoms with Crippen LogP contribution in [-0.2, 0) is 12.2 Å². The molecule has 0 bridgehead atoms. The Morgan fingerprint density at radius 2 is 2.42 bits per heavy atom. The van der Waals surface area contributed by atoms with Gasteiger partial charge in [-0.05, 0) is 6.42 Å². The van der Waals surface area contributed by atoms with Crippen LogP contribution in [0.15, 0.2) is 16.0 Å². The van der Waals surface area contributed by atoms with Crippen LogP contribution in [0.4, 0.5) is 5.00 Å². The fourth-order valence-electron chi connectivity index (χ4n) is 1.49. The number of H-pyrrole nitrogens is 1. The van der Waals surface area contributed by atoms with Gasteiger partial charge in [-0.15, -0.1) is 5.10 Å². The van der Waals surface area contributed by atoms with E-state index in [0.717, 1.165) is 29.2 Å². The van der Waals surface area contributed by atoms with Gasteiger partial charge in [0.2, 0.25) is 0 Å². The van der Waals surface area contributed by atoms with Gasteiger partial charge in [0.05, 0.1) is 0 Å². The third kappa shape index (κ3) is 3.75. The van der Waals surface area contributed by atoms with Crippen LogP contribution in [0.3, 0.4) is 0 Å². The molecule has 2 aromatic rings. The molecule has 0 radical (unpaired) electrons. The predicted octanol–water partition coefficient (Wildman–Crippen LogP) is 1.15. The van der Waals surface area contributed by atoms with Crippen molar-refractivity contribution in [1.29, 1.82) is 0 Å². The van der Waals surface area contributed by atoms with E-state index < -0.39 is 0 Å². The lowest BCUT2D eigenvalue weighted by Crippen LogP contribution is -2.10. The third-order valence-electron chi connectivity index (χ3n) is 2.31. The summed E-state index contributed by atoms with van der Waals surface area (Å²) in [5, 5.41) is 5.28. The summed E-state index contributed by atoms with van der Waals surface area (Å²) in [6.45, 7) is 2.05. The Bertz CT molecular complexity index is 596. The average Bonchev–Trinajstić information content (AvgIpc) is 2.83. The molecule has 4 N–H and O–H groups in total. The standard InChI is InChI=1S/C10H14N6OS2/c1-2-3-6-4-8(17)13-10(12-6)18-5-7-9(14-11)19-16-15-7/h4,14H,2-3,5,11H2,1H3,(H,12,13,17). The summed E-state index contributed by atoms with van der Waals surface area (Å²) in [5.74, 6) is 5.90. The maximum absolute atomic E-state index is 11.5. The lowest BCUT2D eigenvalue weighted by Gasteiger charge is -2.03. The molecule has 0 amide bonds. The molecular weight excluding hydrogens is 284 g/mol. The molecular formula is C10H14N6OS2. The highest BCUT2D eigenvalue weighted by molar-refractivity contribution is 7.98. The molecule has 0 unspecified atom stereocenters. The van der Waals surface area contributed by atoms with Gasteiger partial charge in [-0.3, -0.25) is 4.79 Å². The SMILES string of the molecule is CCCc1cc(=O)[nH]c(SCc2nnsc2NN)n1. The number of hydrazine groups is 1. The van der Waals surface area contributed by atoms with Crippen molar-refractivity contribution in [3.05, 3.63) is 27.8 Å². The number of hydrogen-bond donors (Lipinski definition) is 3. The van der Waals surface area contributed by atoms with Crippen molar-refractivity contribution in [3.8, 4) is 0 Å². The van der Waals surface area contributed by atoms with Gasteiger partial charge < -0.3 is 10.4 Å². The normalized spacial score (nSPS) is 10.6. The summed E-state index contributed by atoms with van der Waals surface area (Å²) in [7, 11) is 0. The molecule has 0 aliphatic heterocycles. The highest BCUT2D eigenvalue weighted by Crippen LogP contribution is 2.24. The fraction of sp³-hybridized carbons (Fsp3) is 0.400. The number of aryl methyl sites for hydroxylation is 1. The van der Waals surface area contributed by atoms with Gasteiger partial charge in [0.25, 0.3) is 5.56 Å². The van der Waals surface area contributed by atoms with Crippen molar-refractivity contribution in [1.82, 2.24) is 19.6 Å².